The Morgan fingerprint density at radius 1 is 0.700 bits per heavy atom. The summed E-state index contributed by atoms with van der Waals surface area (Å²) in [5.41, 5.74) is 1.25. The number of benzene rings is 1. The zero-order valence-corrected chi connectivity index (χ0v) is 12.4. The summed E-state index contributed by atoms with van der Waals surface area (Å²) in [5.74, 6) is 0. The lowest BCUT2D eigenvalue weighted by atomic mass is 10.1. The van der Waals surface area contributed by atoms with Crippen LogP contribution in [0.4, 0.5) is 0 Å². The highest BCUT2D eigenvalue weighted by Gasteiger charge is 1.94. The normalized spacial score (nSPS) is 10.8. The fourth-order valence-electron chi connectivity index (χ4n) is 2.05. The first-order chi connectivity index (χ1) is 9.93. The molecule has 0 spiro atoms. The molecule has 0 fully saturated rings. The van der Waals surface area contributed by atoms with Gasteiger partial charge in [0.1, 0.15) is 0 Å². The van der Waals surface area contributed by atoms with Crippen molar-refractivity contribution < 1.29 is 14.6 Å². The van der Waals surface area contributed by atoms with Crippen molar-refractivity contribution in [1.82, 2.24) is 0 Å². The fourth-order valence-corrected chi connectivity index (χ4v) is 2.05. The van der Waals surface area contributed by atoms with Crippen molar-refractivity contribution in [1.29, 1.82) is 0 Å². The first-order valence-corrected chi connectivity index (χ1v) is 7.74. The van der Waals surface area contributed by atoms with Gasteiger partial charge in [-0.3, -0.25) is 0 Å². The molecule has 114 valence electrons. The minimum absolute atomic E-state index is 0.128. The maximum Gasteiger partial charge on any atom is 0.0716 e. The lowest BCUT2D eigenvalue weighted by Crippen LogP contribution is -2.00. The number of hydrogen-bond acceptors (Lipinski definition) is 3. The lowest BCUT2D eigenvalue weighted by molar-refractivity contribution is 0.0894. The smallest absolute Gasteiger partial charge is 0.0716 e. The maximum atomic E-state index is 8.55. The number of hydrogen-bond donors (Lipinski definition) is 1. The van der Waals surface area contributed by atoms with E-state index in [1.165, 1.54) is 31.2 Å². The van der Waals surface area contributed by atoms with Crippen LogP contribution in [0.2, 0.25) is 0 Å². The summed E-state index contributed by atoms with van der Waals surface area (Å²) in [6.07, 6.45) is 7.25. The van der Waals surface area contributed by atoms with Gasteiger partial charge in [-0.2, -0.15) is 0 Å². The fraction of sp³-hybridized carbons (Fsp3) is 0.647. The van der Waals surface area contributed by atoms with E-state index in [-0.39, 0.29) is 6.61 Å². The molecule has 0 atom stereocenters. The van der Waals surface area contributed by atoms with Gasteiger partial charge in [0.15, 0.2) is 0 Å². The monoisotopic (exact) mass is 280 g/mol. The van der Waals surface area contributed by atoms with E-state index in [9.17, 15) is 0 Å². The molecule has 0 aliphatic carbocycles. The Bertz CT molecular complexity index is 300. The molecule has 20 heavy (non-hydrogen) atoms. The van der Waals surface area contributed by atoms with Crippen molar-refractivity contribution in [2.45, 2.75) is 45.1 Å². The summed E-state index contributed by atoms with van der Waals surface area (Å²) in [6, 6.07) is 10.3. The minimum atomic E-state index is 0.128. The molecule has 0 saturated heterocycles. The zero-order valence-electron chi connectivity index (χ0n) is 12.4. The molecular weight excluding hydrogens is 252 g/mol. The summed E-state index contributed by atoms with van der Waals surface area (Å²) in [7, 11) is 0. The average Bonchev–Trinajstić information content (AvgIpc) is 2.49. The van der Waals surface area contributed by atoms with Crippen molar-refractivity contribution in [3.05, 3.63) is 35.9 Å². The molecule has 0 aliphatic heterocycles. The predicted octanol–water partition coefficient (Wildman–Crippen LogP) is 3.55. The number of unbranched alkanes of at least 4 members (excludes halogenated alkanes) is 5. The van der Waals surface area contributed by atoms with E-state index in [2.05, 4.69) is 12.1 Å². The molecular formula is C17H28O3. The SMILES string of the molecule is OCCOCCCCCCCCOCc1ccccc1. The quantitative estimate of drug-likeness (QED) is 0.562. The second-order valence-corrected chi connectivity index (χ2v) is 5.00. The number of ether oxygens (including phenoxy) is 2. The molecule has 1 rings (SSSR count). The summed E-state index contributed by atoms with van der Waals surface area (Å²) in [6.45, 7) is 2.96. The second-order valence-electron chi connectivity index (χ2n) is 5.00. The number of aliphatic hydroxyl groups is 1. The van der Waals surface area contributed by atoms with E-state index < -0.39 is 0 Å². The Labute approximate surface area is 122 Å². The highest BCUT2D eigenvalue weighted by molar-refractivity contribution is 5.13. The maximum absolute atomic E-state index is 8.55. The van der Waals surface area contributed by atoms with Crippen LogP contribution in [0.5, 0.6) is 0 Å². The third-order valence-electron chi connectivity index (χ3n) is 3.17. The van der Waals surface area contributed by atoms with Crippen LogP contribution in [-0.2, 0) is 16.1 Å². The third kappa shape index (κ3) is 9.96. The van der Waals surface area contributed by atoms with Crippen molar-refractivity contribution in [2.24, 2.45) is 0 Å². The molecule has 3 heteroatoms. The largest absolute Gasteiger partial charge is 0.394 e. The van der Waals surface area contributed by atoms with Crippen molar-refractivity contribution >= 4 is 0 Å². The highest BCUT2D eigenvalue weighted by Crippen LogP contribution is 2.07. The first kappa shape index (κ1) is 17.2. The van der Waals surface area contributed by atoms with Gasteiger partial charge in [-0.25, -0.2) is 0 Å². The lowest BCUT2D eigenvalue weighted by Gasteiger charge is -2.05. The molecule has 0 amide bonds. The first-order valence-electron chi connectivity index (χ1n) is 7.74. The Kier molecular flexibility index (Phi) is 11.2. The summed E-state index contributed by atoms with van der Waals surface area (Å²) in [4.78, 5) is 0. The van der Waals surface area contributed by atoms with Gasteiger partial charge in [0.25, 0.3) is 0 Å². The van der Waals surface area contributed by atoms with Crippen molar-refractivity contribution in [3.63, 3.8) is 0 Å². The van der Waals surface area contributed by atoms with Gasteiger partial charge in [0, 0.05) is 13.2 Å². The molecule has 0 unspecified atom stereocenters. The Morgan fingerprint density at radius 2 is 1.30 bits per heavy atom. The zero-order chi connectivity index (χ0) is 14.3. The molecule has 0 aliphatic rings. The molecule has 0 bridgehead atoms. The average molecular weight is 280 g/mol. The van der Waals surface area contributed by atoms with Crippen LogP contribution < -0.4 is 0 Å². The van der Waals surface area contributed by atoms with Crippen molar-refractivity contribution in [2.75, 3.05) is 26.4 Å². The molecule has 1 N–H and O–H groups in total. The summed E-state index contributed by atoms with van der Waals surface area (Å²) in [5, 5.41) is 8.55. The Hall–Kier alpha value is -0.900. The van der Waals surface area contributed by atoms with E-state index in [0.29, 0.717) is 6.61 Å². The van der Waals surface area contributed by atoms with Crippen LogP contribution in [-0.4, -0.2) is 31.5 Å². The molecule has 1 aromatic carbocycles. The third-order valence-corrected chi connectivity index (χ3v) is 3.17. The van der Waals surface area contributed by atoms with Gasteiger partial charge < -0.3 is 14.6 Å². The van der Waals surface area contributed by atoms with Crippen LogP contribution in [0.3, 0.4) is 0 Å². The van der Waals surface area contributed by atoms with Gasteiger partial charge in [0.2, 0.25) is 0 Å². The van der Waals surface area contributed by atoms with Crippen LogP contribution in [0.25, 0.3) is 0 Å². The van der Waals surface area contributed by atoms with E-state index in [1.807, 2.05) is 18.2 Å². The number of aliphatic hydroxyl groups excluding tert-OH is 1. The van der Waals surface area contributed by atoms with Gasteiger partial charge in [0.05, 0.1) is 19.8 Å². The molecule has 0 heterocycles. The van der Waals surface area contributed by atoms with Crippen LogP contribution in [0.1, 0.15) is 44.1 Å². The Morgan fingerprint density at radius 3 is 1.95 bits per heavy atom. The van der Waals surface area contributed by atoms with Crippen LogP contribution in [0, 0.1) is 0 Å². The summed E-state index contributed by atoms with van der Waals surface area (Å²) >= 11 is 0. The molecule has 3 nitrogen and oxygen atoms in total. The van der Waals surface area contributed by atoms with E-state index in [0.717, 1.165) is 32.7 Å². The van der Waals surface area contributed by atoms with Gasteiger partial charge in [-0.1, -0.05) is 56.0 Å². The standard InChI is InChI=1S/C17H28O3/c18-12-15-19-13-8-3-1-2-4-9-14-20-16-17-10-6-5-7-11-17/h5-7,10-11,18H,1-4,8-9,12-16H2. The summed E-state index contributed by atoms with van der Waals surface area (Å²) < 4.78 is 10.9. The van der Waals surface area contributed by atoms with Gasteiger partial charge >= 0.3 is 0 Å². The predicted molar refractivity (Wildman–Crippen MR) is 81.7 cm³/mol. The van der Waals surface area contributed by atoms with Gasteiger partial charge in [-0.05, 0) is 18.4 Å². The highest BCUT2D eigenvalue weighted by atomic mass is 16.5. The van der Waals surface area contributed by atoms with E-state index in [1.54, 1.807) is 0 Å². The number of rotatable bonds is 13. The van der Waals surface area contributed by atoms with E-state index in [4.69, 9.17) is 14.6 Å². The van der Waals surface area contributed by atoms with Crippen LogP contribution >= 0.6 is 0 Å². The molecule has 0 radical (unpaired) electrons. The molecule has 1 aromatic rings. The van der Waals surface area contributed by atoms with Gasteiger partial charge in [-0.15, -0.1) is 0 Å². The second kappa shape index (κ2) is 13.1. The van der Waals surface area contributed by atoms with Crippen LogP contribution in [0.15, 0.2) is 30.3 Å². The molecule has 0 saturated carbocycles. The Balaban J connectivity index is 1.77. The topological polar surface area (TPSA) is 38.7 Å². The van der Waals surface area contributed by atoms with Crippen molar-refractivity contribution in [3.8, 4) is 0 Å². The van der Waals surface area contributed by atoms with E-state index >= 15 is 0 Å². The molecule has 0 aromatic heterocycles. The minimum Gasteiger partial charge on any atom is -0.394 e.